The van der Waals surface area contributed by atoms with Gasteiger partial charge in [-0.2, -0.15) is 0 Å². The van der Waals surface area contributed by atoms with Gasteiger partial charge in [-0.05, 0) is 55.4 Å². The van der Waals surface area contributed by atoms with Gasteiger partial charge >= 0.3 is 0 Å². The summed E-state index contributed by atoms with van der Waals surface area (Å²) in [4.78, 5) is 26.3. The number of benzene rings is 1. The summed E-state index contributed by atoms with van der Waals surface area (Å²) < 4.78 is 0. The molecule has 1 saturated heterocycles. The number of aryl methyl sites for hydroxylation is 1. The standard InChI is InChI=1S/C17H22N2O3/c1-19-9-3-2-7-17(16(19)21)8-6-12-4-5-13(15(20)18-22)10-14(12)11-17/h4-5,10,22H,2-3,6-9,11H2,1H3,(H,18,20). The summed E-state index contributed by atoms with van der Waals surface area (Å²) >= 11 is 0. The van der Waals surface area contributed by atoms with E-state index in [-0.39, 0.29) is 11.3 Å². The molecule has 1 unspecified atom stereocenters. The van der Waals surface area contributed by atoms with E-state index in [1.165, 1.54) is 5.56 Å². The van der Waals surface area contributed by atoms with E-state index >= 15 is 0 Å². The number of hydrogen-bond donors (Lipinski definition) is 2. The van der Waals surface area contributed by atoms with Gasteiger partial charge in [0.05, 0.1) is 5.41 Å². The summed E-state index contributed by atoms with van der Waals surface area (Å²) in [7, 11) is 1.89. The predicted molar refractivity (Wildman–Crippen MR) is 81.6 cm³/mol. The lowest BCUT2D eigenvalue weighted by molar-refractivity contribution is -0.140. The highest BCUT2D eigenvalue weighted by molar-refractivity contribution is 5.93. The minimum atomic E-state index is -0.508. The number of carbonyl (C=O) groups excluding carboxylic acids is 2. The molecular weight excluding hydrogens is 280 g/mol. The van der Waals surface area contributed by atoms with Gasteiger partial charge in [0, 0.05) is 19.2 Å². The summed E-state index contributed by atoms with van der Waals surface area (Å²) in [6.07, 6.45) is 5.50. The Morgan fingerprint density at radius 2 is 2.09 bits per heavy atom. The lowest BCUT2D eigenvalue weighted by Crippen LogP contribution is -2.44. The lowest BCUT2D eigenvalue weighted by Gasteiger charge is -2.38. The Hall–Kier alpha value is -1.88. The maximum Gasteiger partial charge on any atom is 0.274 e. The maximum absolute atomic E-state index is 12.8. The van der Waals surface area contributed by atoms with Gasteiger partial charge in [-0.15, -0.1) is 0 Å². The van der Waals surface area contributed by atoms with Crippen molar-refractivity contribution in [2.24, 2.45) is 5.41 Å². The highest BCUT2D eigenvalue weighted by Crippen LogP contribution is 2.42. The highest BCUT2D eigenvalue weighted by atomic mass is 16.5. The van der Waals surface area contributed by atoms with Gasteiger partial charge in [0.25, 0.3) is 5.91 Å². The van der Waals surface area contributed by atoms with Gasteiger partial charge in [0.15, 0.2) is 0 Å². The SMILES string of the molecule is CN1CCCCC2(CCc3ccc(C(=O)NO)cc3C2)C1=O. The van der Waals surface area contributed by atoms with Gasteiger partial charge in [0.2, 0.25) is 5.91 Å². The van der Waals surface area contributed by atoms with Crippen molar-refractivity contribution in [1.29, 1.82) is 0 Å². The minimum absolute atomic E-state index is 0.243. The molecule has 3 rings (SSSR count). The molecule has 2 amide bonds. The molecule has 1 fully saturated rings. The summed E-state index contributed by atoms with van der Waals surface area (Å²) in [5.41, 5.74) is 4.07. The fraction of sp³-hybridized carbons (Fsp3) is 0.529. The van der Waals surface area contributed by atoms with Crippen LogP contribution in [0.25, 0.3) is 0 Å². The Balaban J connectivity index is 1.94. The van der Waals surface area contributed by atoms with E-state index in [0.717, 1.165) is 44.2 Å². The highest BCUT2D eigenvalue weighted by Gasteiger charge is 2.43. The average Bonchev–Trinajstić information content (AvgIpc) is 2.68. The van der Waals surface area contributed by atoms with Crippen LogP contribution in [0.1, 0.15) is 47.2 Å². The zero-order valence-corrected chi connectivity index (χ0v) is 12.9. The van der Waals surface area contributed by atoms with Gasteiger partial charge in [-0.3, -0.25) is 14.8 Å². The average molecular weight is 302 g/mol. The van der Waals surface area contributed by atoms with Crippen molar-refractivity contribution < 1.29 is 14.8 Å². The summed E-state index contributed by atoms with van der Waals surface area (Å²) in [5.74, 6) is -0.264. The van der Waals surface area contributed by atoms with Crippen molar-refractivity contribution in [2.75, 3.05) is 13.6 Å². The van der Waals surface area contributed by atoms with Crippen molar-refractivity contribution >= 4 is 11.8 Å². The Kier molecular flexibility index (Phi) is 3.91. The molecule has 1 aromatic carbocycles. The van der Waals surface area contributed by atoms with Crippen LogP contribution in [0.2, 0.25) is 0 Å². The van der Waals surface area contributed by atoms with E-state index in [1.807, 2.05) is 24.1 Å². The molecule has 22 heavy (non-hydrogen) atoms. The van der Waals surface area contributed by atoms with E-state index in [1.54, 1.807) is 11.5 Å². The van der Waals surface area contributed by atoms with Crippen LogP contribution in [-0.4, -0.2) is 35.5 Å². The van der Waals surface area contributed by atoms with Gasteiger partial charge in [-0.25, -0.2) is 5.48 Å². The third-order valence-corrected chi connectivity index (χ3v) is 5.17. The molecule has 1 atom stereocenters. The molecule has 5 nitrogen and oxygen atoms in total. The first-order chi connectivity index (χ1) is 10.6. The molecule has 0 saturated carbocycles. The first-order valence-electron chi connectivity index (χ1n) is 7.87. The van der Waals surface area contributed by atoms with E-state index in [2.05, 4.69) is 0 Å². The van der Waals surface area contributed by atoms with Crippen LogP contribution in [0.3, 0.4) is 0 Å². The van der Waals surface area contributed by atoms with Crippen LogP contribution in [0.15, 0.2) is 18.2 Å². The molecule has 0 bridgehead atoms. The van der Waals surface area contributed by atoms with Crippen LogP contribution in [0.5, 0.6) is 0 Å². The topological polar surface area (TPSA) is 69.6 Å². The van der Waals surface area contributed by atoms with Gasteiger partial charge < -0.3 is 4.90 Å². The molecule has 1 aliphatic carbocycles. The van der Waals surface area contributed by atoms with Crippen molar-refractivity contribution in [2.45, 2.75) is 38.5 Å². The van der Waals surface area contributed by atoms with Crippen molar-refractivity contribution in [3.8, 4) is 0 Å². The summed E-state index contributed by atoms with van der Waals surface area (Å²) in [5, 5.41) is 8.79. The molecule has 0 radical (unpaired) electrons. The number of hydroxylamine groups is 1. The molecule has 2 N–H and O–H groups in total. The molecule has 0 aromatic heterocycles. The van der Waals surface area contributed by atoms with E-state index in [0.29, 0.717) is 12.0 Å². The van der Waals surface area contributed by atoms with Crippen LogP contribution in [0.4, 0.5) is 0 Å². The zero-order valence-electron chi connectivity index (χ0n) is 12.9. The fourth-order valence-corrected chi connectivity index (χ4v) is 3.89. The number of hydrogen-bond acceptors (Lipinski definition) is 3. The van der Waals surface area contributed by atoms with Crippen LogP contribution >= 0.6 is 0 Å². The fourth-order valence-electron chi connectivity index (χ4n) is 3.89. The largest absolute Gasteiger partial charge is 0.345 e. The second-order valence-electron chi connectivity index (χ2n) is 6.57. The second-order valence-corrected chi connectivity index (χ2v) is 6.57. The molecule has 1 heterocycles. The van der Waals surface area contributed by atoms with Crippen molar-refractivity contribution in [1.82, 2.24) is 10.4 Å². The zero-order chi connectivity index (χ0) is 15.7. The van der Waals surface area contributed by atoms with Crippen molar-refractivity contribution in [3.05, 3.63) is 34.9 Å². The van der Waals surface area contributed by atoms with Crippen LogP contribution < -0.4 is 5.48 Å². The molecular formula is C17H22N2O3. The number of fused-ring (bicyclic) bond motifs is 1. The Morgan fingerprint density at radius 3 is 2.86 bits per heavy atom. The Morgan fingerprint density at radius 1 is 1.27 bits per heavy atom. The lowest BCUT2D eigenvalue weighted by atomic mass is 9.68. The monoisotopic (exact) mass is 302 g/mol. The molecule has 2 aliphatic rings. The third-order valence-electron chi connectivity index (χ3n) is 5.17. The molecule has 1 aliphatic heterocycles. The summed E-state index contributed by atoms with van der Waals surface area (Å²) in [6, 6.07) is 5.49. The van der Waals surface area contributed by atoms with Gasteiger partial charge in [-0.1, -0.05) is 12.5 Å². The summed E-state index contributed by atoms with van der Waals surface area (Å²) in [6.45, 7) is 0.834. The quantitative estimate of drug-likeness (QED) is 0.615. The minimum Gasteiger partial charge on any atom is -0.345 e. The maximum atomic E-state index is 12.8. The molecule has 5 heteroatoms. The molecule has 118 valence electrons. The number of likely N-dealkylation sites (tertiary alicyclic amines) is 1. The first kappa shape index (κ1) is 15.0. The number of nitrogens with zero attached hydrogens (tertiary/aromatic N) is 1. The van der Waals surface area contributed by atoms with Crippen molar-refractivity contribution in [3.63, 3.8) is 0 Å². The number of rotatable bonds is 1. The smallest absolute Gasteiger partial charge is 0.274 e. The first-order valence-corrected chi connectivity index (χ1v) is 7.87. The van der Waals surface area contributed by atoms with E-state index in [4.69, 9.17) is 5.21 Å². The Labute approximate surface area is 130 Å². The molecule has 1 aromatic rings. The Bertz CT molecular complexity index is 614. The second kappa shape index (κ2) is 5.72. The normalized spacial score (nSPS) is 24.8. The van der Waals surface area contributed by atoms with E-state index < -0.39 is 5.91 Å². The van der Waals surface area contributed by atoms with Crippen LogP contribution in [0, 0.1) is 5.41 Å². The van der Waals surface area contributed by atoms with E-state index in [9.17, 15) is 9.59 Å². The van der Waals surface area contributed by atoms with Gasteiger partial charge in [0.1, 0.15) is 0 Å². The molecule has 1 spiro atoms. The number of carbonyl (C=O) groups is 2. The number of nitrogens with one attached hydrogen (secondary N) is 1. The predicted octanol–water partition coefficient (Wildman–Crippen LogP) is 1.92. The van der Waals surface area contributed by atoms with Crippen LogP contribution in [-0.2, 0) is 17.6 Å². The number of amides is 2. The third kappa shape index (κ3) is 2.50.